The lowest BCUT2D eigenvalue weighted by molar-refractivity contribution is -0.0503. The van der Waals surface area contributed by atoms with Crippen molar-refractivity contribution in [2.45, 2.75) is 24.5 Å². The van der Waals surface area contributed by atoms with Gasteiger partial charge in [0.15, 0.2) is 17.4 Å². The number of aliphatic hydroxyl groups is 2. The molecule has 1 aliphatic heterocycles. The zero-order valence-corrected chi connectivity index (χ0v) is 12.8. The van der Waals surface area contributed by atoms with Gasteiger partial charge in [0.1, 0.15) is 18.3 Å². The standard InChI is InChI=1S/C10H14N5O8P/c11-10-13-7-4(8(18)14-10)12-2-15(7)9-6(17)5(16)3(23-9)1-22-24(19,20)21/h2-3,5-6,9,16-17H,1H2,(H2,19,20,21)(H3,11,13,14,18)/t3-,5+,6-,9-/m1/s1/i1+1,2+1,3+1,4+1,5+1,6+1,7+1,8+1,9+1,10+1,11+1,12+1,13+1,14+1,15+1. The van der Waals surface area contributed by atoms with Crippen LogP contribution in [0.5, 0.6) is 0 Å². The maximum atomic E-state index is 11.7. The third-order valence-electron chi connectivity index (χ3n) is 3.47. The number of H-pyrrole nitrogens is 1. The molecule has 0 saturated carbocycles. The smallest absolute Gasteiger partial charge is 0.387 e. The van der Waals surface area contributed by atoms with E-state index < -0.39 is 44.5 Å². The van der Waals surface area contributed by atoms with E-state index >= 15 is 0 Å². The third kappa shape index (κ3) is 3.06. The van der Waals surface area contributed by atoms with Crippen molar-refractivity contribution in [3.63, 3.8) is 0 Å². The molecule has 1 fully saturated rings. The molecule has 1 saturated heterocycles. The number of nitrogens with one attached hydrogen (secondary N) is 1. The van der Waals surface area contributed by atoms with E-state index in [-0.39, 0.29) is 17.1 Å². The van der Waals surface area contributed by atoms with E-state index in [0.717, 1.165) is 0 Å². The van der Waals surface area contributed by atoms with Gasteiger partial charge < -0.3 is 30.5 Å². The number of aliphatic hydroxyl groups excluding tert-OH is 2. The first kappa shape index (κ1) is 17.0. The highest BCUT2D eigenvalue weighted by Crippen LogP contribution is 2.38. The summed E-state index contributed by atoms with van der Waals surface area (Å²) in [5.41, 5.74) is 4.84. The summed E-state index contributed by atoms with van der Waals surface area (Å²) in [6, 6.07) is 0. The van der Waals surface area contributed by atoms with Crippen molar-refractivity contribution in [2.75, 3.05) is 12.3 Å². The minimum absolute atomic E-state index is 0.0176. The van der Waals surface area contributed by atoms with E-state index in [1.807, 2.05) is 0 Å². The number of imidazole rings is 1. The van der Waals surface area contributed by atoms with Gasteiger partial charge in [-0.25, -0.2) is 9.55 Å². The molecule has 0 aromatic carbocycles. The fourth-order valence-corrected chi connectivity index (χ4v) is 2.74. The molecule has 0 bridgehead atoms. The highest BCUT2D eigenvalue weighted by Gasteiger charge is 2.45. The number of hydrogen-bond acceptors (Lipinski definition) is 9. The number of hydrogen-bond donors (Lipinski definition) is 6. The van der Waals surface area contributed by atoms with Gasteiger partial charge in [-0.3, -0.25) is 18.9 Å². The van der Waals surface area contributed by atoms with Crippen LogP contribution in [0, 0.1) is 0 Å². The molecule has 3 rings (SSSR count). The molecule has 14 heteroatoms. The number of phosphoric acid groups is 1. The number of aromatic nitrogens is 4. The monoisotopic (exact) mass is 378 g/mol. The fourth-order valence-electron chi connectivity index (χ4n) is 2.40. The van der Waals surface area contributed by atoms with Crippen molar-refractivity contribution in [3.8, 4) is 0 Å². The van der Waals surface area contributed by atoms with Crippen molar-refractivity contribution < 1.29 is 33.8 Å². The van der Waals surface area contributed by atoms with Gasteiger partial charge in [0.05, 0.1) is 12.9 Å². The number of aromatic amines is 1. The number of fused-ring (bicyclic) bond motifs is 1. The predicted octanol–water partition coefficient (Wildman–Crippen LogP) is -2.57. The SMILES string of the molecule is [15NH2][13c]1[15n][13c]2[13c]([15n][13cH][15n]2[13C@@H]2O[13C@H]([13CH2]OP(=O)(O)O)[13C@H](O)[13C@H]2O)[13c](=O)[15nH]1. The lowest BCUT2D eigenvalue weighted by atomic mass is 11.1. The Hall–Kier alpha value is -1.86. The van der Waals surface area contributed by atoms with E-state index in [1.54, 1.807) is 0 Å². The van der Waals surface area contributed by atoms with Gasteiger partial charge in [0.25, 0.3) is 5.56 Å². The van der Waals surface area contributed by atoms with Crippen LogP contribution in [0.25, 0.3) is 11.2 Å². The Morgan fingerprint density at radius 1 is 1.42 bits per heavy atom. The van der Waals surface area contributed by atoms with Gasteiger partial charge in [-0.1, -0.05) is 0 Å². The Morgan fingerprint density at radius 2 is 2.12 bits per heavy atom. The van der Waals surface area contributed by atoms with Crippen LogP contribution in [0.1, 0.15) is 6.23 Å². The molecule has 24 heavy (non-hydrogen) atoms. The number of nitrogen functional groups attached to an aromatic ring is 1. The largest absolute Gasteiger partial charge is 0.469 e. The zero-order chi connectivity index (χ0) is 17.6. The molecule has 0 radical (unpaired) electrons. The Morgan fingerprint density at radius 3 is 2.79 bits per heavy atom. The van der Waals surface area contributed by atoms with Crippen LogP contribution < -0.4 is 11.3 Å². The van der Waals surface area contributed by atoms with Gasteiger partial charge in [-0.2, -0.15) is 4.98 Å². The molecule has 0 aliphatic carbocycles. The molecule has 132 valence electrons. The topological polar surface area (TPSA) is 206 Å². The molecule has 1 aliphatic rings. The van der Waals surface area contributed by atoms with Crippen LogP contribution in [-0.2, 0) is 13.8 Å². The Labute approximate surface area is 132 Å². The minimum Gasteiger partial charge on any atom is -0.387 e. The van der Waals surface area contributed by atoms with Crippen molar-refractivity contribution in [1.82, 2.24) is 19.5 Å². The van der Waals surface area contributed by atoms with E-state index in [4.69, 9.17) is 20.3 Å². The van der Waals surface area contributed by atoms with Gasteiger partial charge >= 0.3 is 7.82 Å². The second-order valence-corrected chi connectivity index (χ2v) is 6.35. The predicted molar refractivity (Wildman–Crippen MR) is 76.5 cm³/mol. The summed E-state index contributed by atoms with van der Waals surface area (Å²) in [6.07, 6.45) is -4.22. The average Bonchev–Trinajstić information content (AvgIpc) is 3.00. The van der Waals surface area contributed by atoms with Gasteiger partial charge in [0.2, 0.25) is 5.95 Å². The van der Waals surface area contributed by atoms with Crippen LogP contribution in [0.4, 0.5) is 5.95 Å². The molecule has 0 unspecified atom stereocenters. The van der Waals surface area contributed by atoms with Crippen LogP contribution in [0.2, 0.25) is 0 Å². The number of nitrogens with two attached hydrogens (primary N) is 1. The van der Waals surface area contributed by atoms with Crippen LogP contribution in [-0.4, -0.2) is 64.4 Å². The number of phosphoric ester groups is 1. The summed E-state index contributed by atoms with van der Waals surface area (Å²) >= 11 is 0. The number of rotatable bonds is 4. The summed E-state index contributed by atoms with van der Waals surface area (Å²) in [7, 11) is -4.76. The van der Waals surface area contributed by atoms with E-state index in [1.165, 1.54) is 10.9 Å². The minimum atomic E-state index is -4.76. The lowest BCUT2D eigenvalue weighted by Gasteiger charge is -2.16. The number of ether oxygens (including phenoxy) is 1. The van der Waals surface area contributed by atoms with E-state index in [2.05, 4.69) is 19.5 Å². The van der Waals surface area contributed by atoms with E-state index in [0.29, 0.717) is 0 Å². The van der Waals surface area contributed by atoms with Gasteiger partial charge in [-0.05, 0) is 0 Å². The molecule has 2 aromatic rings. The third-order valence-corrected chi connectivity index (χ3v) is 3.95. The molecule has 7 N–H and O–H groups in total. The quantitative estimate of drug-likeness (QED) is 0.185. The molecule has 4 atom stereocenters. The lowest BCUT2D eigenvalue weighted by Crippen LogP contribution is -2.33. The number of anilines is 1. The molecule has 3 heterocycles. The fraction of sp³-hybridized carbons (Fsp3) is 0.500. The summed E-state index contributed by atoms with van der Waals surface area (Å²) in [6.45, 7) is -0.651. The summed E-state index contributed by atoms with van der Waals surface area (Å²) < 4.78 is 21.6. The first-order chi connectivity index (χ1) is 11.2. The summed E-state index contributed by atoms with van der Waals surface area (Å²) in [5.74, 6) is -0.177. The molecule has 2 aromatic heterocycles. The second kappa shape index (κ2) is 5.89. The van der Waals surface area contributed by atoms with Crippen molar-refractivity contribution in [1.29, 1.82) is 0 Å². The summed E-state index contributed by atoms with van der Waals surface area (Å²) in [5, 5.41) is 20.1. The Balaban J connectivity index is 1.90. The molecular formula is C10H14N5O8P. The van der Waals surface area contributed by atoms with Crippen LogP contribution >= 0.6 is 7.82 Å². The van der Waals surface area contributed by atoms with Crippen LogP contribution in [0.15, 0.2) is 11.1 Å². The summed E-state index contributed by atoms with van der Waals surface area (Å²) in [4.78, 5) is 39.1. The maximum absolute atomic E-state index is 11.7. The molecule has 13 nitrogen and oxygen atoms in total. The molecule has 0 amide bonds. The van der Waals surface area contributed by atoms with Crippen molar-refractivity contribution in [3.05, 3.63) is 16.7 Å². The first-order valence-corrected chi connectivity index (χ1v) is 8.14. The highest BCUT2D eigenvalue weighted by atomic mass is 31.2. The van der Waals surface area contributed by atoms with Crippen molar-refractivity contribution in [2.24, 2.45) is 0 Å². The molecule has 0 spiro atoms. The average molecular weight is 378 g/mol. The van der Waals surface area contributed by atoms with Gasteiger partial charge in [0, 0.05) is 0 Å². The van der Waals surface area contributed by atoms with Crippen LogP contribution in [0.3, 0.4) is 0 Å². The Bertz CT molecular complexity index is 861. The normalized spacial score (nSPS) is 27.8. The first-order valence-electron chi connectivity index (χ1n) is 6.61. The van der Waals surface area contributed by atoms with Gasteiger partial charge in [-0.15, -0.1) is 0 Å². The van der Waals surface area contributed by atoms with E-state index in [9.17, 15) is 19.6 Å². The Kier molecular flexibility index (Phi) is 4.17. The van der Waals surface area contributed by atoms with Crippen molar-refractivity contribution >= 4 is 24.9 Å². The second-order valence-electron chi connectivity index (χ2n) is 5.11. The maximum Gasteiger partial charge on any atom is 0.469 e. The molecular weight excluding hydrogens is 364 g/mol. The highest BCUT2D eigenvalue weighted by molar-refractivity contribution is 7.46. The number of nitrogens with zero attached hydrogens (tertiary/aromatic N) is 3. The zero-order valence-electron chi connectivity index (χ0n) is 11.9.